The van der Waals surface area contributed by atoms with E-state index in [1.807, 2.05) is 53.6 Å². The number of hydrogen-bond acceptors (Lipinski definition) is 8. The van der Waals surface area contributed by atoms with Crippen LogP contribution < -0.4 is 25.0 Å². The molecule has 1 amide bonds. The Morgan fingerprint density at radius 1 is 1.07 bits per heavy atom. The average Bonchev–Trinajstić information content (AvgIpc) is 3.51. The molecule has 0 spiro atoms. The van der Waals surface area contributed by atoms with E-state index in [4.69, 9.17) is 26.4 Å². The van der Waals surface area contributed by atoms with Crippen molar-refractivity contribution in [2.45, 2.75) is 25.9 Å². The van der Waals surface area contributed by atoms with Gasteiger partial charge >= 0.3 is 0 Å². The van der Waals surface area contributed by atoms with E-state index in [2.05, 4.69) is 21.7 Å². The van der Waals surface area contributed by atoms with Crippen molar-refractivity contribution in [3.63, 3.8) is 0 Å². The largest absolute Gasteiger partial charge is 0.495 e. The fraction of sp³-hybridized carbons (Fsp3) is 0.258. The van der Waals surface area contributed by atoms with Gasteiger partial charge in [-0.2, -0.15) is 0 Å². The first-order valence-corrected chi connectivity index (χ1v) is 14.1. The third kappa shape index (κ3) is 5.66. The van der Waals surface area contributed by atoms with Gasteiger partial charge in [0.25, 0.3) is 5.69 Å². The first-order valence-electron chi connectivity index (χ1n) is 13.7. The summed E-state index contributed by atoms with van der Waals surface area (Å²) in [5.74, 6) is 0.531. The summed E-state index contributed by atoms with van der Waals surface area (Å²) in [5.41, 5.74) is 5.32. The number of amides is 1. The van der Waals surface area contributed by atoms with Gasteiger partial charge in [-0.1, -0.05) is 6.07 Å². The number of aryl methyl sites for hydroxylation is 1. The number of non-ortho nitro benzene ring substituents is 1. The lowest BCUT2D eigenvalue weighted by Gasteiger charge is -2.29. The van der Waals surface area contributed by atoms with Crippen LogP contribution in [0.5, 0.6) is 11.5 Å². The van der Waals surface area contributed by atoms with E-state index in [0.29, 0.717) is 28.0 Å². The van der Waals surface area contributed by atoms with E-state index in [0.717, 1.165) is 28.3 Å². The van der Waals surface area contributed by atoms with Crippen LogP contribution >= 0.6 is 12.2 Å². The molecule has 2 atom stereocenters. The maximum atomic E-state index is 12.4. The van der Waals surface area contributed by atoms with Crippen LogP contribution in [-0.4, -0.2) is 53.4 Å². The minimum absolute atomic E-state index is 0.0621. The lowest BCUT2D eigenvalue weighted by molar-refractivity contribution is -0.384. The van der Waals surface area contributed by atoms with Crippen molar-refractivity contribution in [2.24, 2.45) is 0 Å². The van der Waals surface area contributed by atoms with E-state index < -0.39 is 4.92 Å². The monoisotopic (exact) mass is 616 g/mol. The summed E-state index contributed by atoms with van der Waals surface area (Å²) in [4.78, 5) is 30.1. The molecule has 0 saturated carbocycles. The summed E-state index contributed by atoms with van der Waals surface area (Å²) >= 11 is 5.92. The number of thiocarbonyl (C=S) groups is 1. The molecule has 3 heterocycles. The van der Waals surface area contributed by atoms with Crippen molar-refractivity contribution >= 4 is 40.3 Å². The Hall–Kier alpha value is -5.01. The number of carbonyl (C=O) groups is 1. The molecule has 2 N–H and O–H groups in total. The molecule has 44 heavy (non-hydrogen) atoms. The zero-order valence-corrected chi connectivity index (χ0v) is 25.7. The molecule has 0 bridgehead atoms. The molecule has 2 aromatic heterocycles. The van der Waals surface area contributed by atoms with E-state index >= 15 is 0 Å². The Bertz CT molecular complexity index is 1730. The normalized spacial score (nSPS) is 16.0. The molecule has 5 rings (SSSR count). The molecule has 1 aliphatic heterocycles. The van der Waals surface area contributed by atoms with Gasteiger partial charge in [0.2, 0.25) is 5.91 Å². The second kappa shape index (κ2) is 12.7. The smallest absolute Gasteiger partial charge is 0.273 e. The Labute approximate surface area is 259 Å². The van der Waals surface area contributed by atoms with Crippen LogP contribution in [-0.2, 0) is 9.53 Å². The predicted molar refractivity (Wildman–Crippen MR) is 170 cm³/mol. The summed E-state index contributed by atoms with van der Waals surface area (Å²) in [6.07, 6.45) is 1.74. The molecule has 0 radical (unpaired) electrons. The molecule has 2 aromatic carbocycles. The third-order valence-corrected chi connectivity index (χ3v) is 7.83. The topological polar surface area (TPSA) is 133 Å². The minimum atomic E-state index is -0.450. The van der Waals surface area contributed by atoms with Gasteiger partial charge in [0.05, 0.1) is 54.4 Å². The summed E-state index contributed by atoms with van der Waals surface area (Å²) in [6.45, 7) is 3.84. The Morgan fingerprint density at radius 3 is 2.50 bits per heavy atom. The van der Waals surface area contributed by atoms with Gasteiger partial charge in [-0.3, -0.25) is 19.9 Å². The van der Waals surface area contributed by atoms with Crippen LogP contribution in [0.15, 0.2) is 66.9 Å². The first-order chi connectivity index (χ1) is 21.2. The minimum Gasteiger partial charge on any atom is -0.495 e. The number of methoxy groups -OCH3 is 3. The van der Waals surface area contributed by atoms with Crippen molar-refractivity contribution in [1.82, 2.24) is 14.9 Å². The lowest BCUT2D eigenvalue weighted by Crippen LogP contribution is -2.29. The number of anilines is 2. The number of aromatic nitrogens is 2. The molecule has 12 nitrogen and oxygen atoms in total. The highest BCUT2D eigenvalue weighted by Gasteiger charge is 2.42. The second-order valence-electron chi connectivity index (χ2n) is 10.1. The highest BCUT2D eigenvalue weighted by atomic mass is 32.1. The third-order valence-electron chi connectivity index (χ3n) is 7.51. The van der Waals surface area contributed by atoms with Gasteiger partial charge in [0.1, 0.15) is 18.1 Å². The number of benzene rings is 2. The number of nitro groups is 1. The van der Waals surface area contributed by atoms with Crippen molar-refractivity contribution in [1.29, 1.82) is 0 Å². The molecular weight excluding hydrogens is 584 g/mol. The van der Waals surface area contributed by atoms with Gasteiger partial charge in [0, 0.05) is 36.4 Å². The van der Waals surface area contributed by atoms with Crippen LogP contribution in [0.4, 0.5) is 17.1 Å². The molecule has 0 aliphatic carbocycles. The number of rotatable bonds is 10. The predicted octanol–water partition coefficient (Wildman–Crippen LogP) is 5.18. The van der Waals surface area contributed by atoms with Crippen molar-refractivity contribution in [3.05, 3.63) is 99.6 Å². The molecule has 1 fully saturated rings. The van der Waals surface area contributed by atoms with E-state index in [-0.39, 0.29) is 30.3 Å². The Balaban J connectivity index is 1.66. The van der Waals surface area contributed by atoms with E-state index in [9.17, 15) is 14.9 Å². The summed E-state index contributed by atoms with van der Waals surface area (Å²) in [7, 11) is 4.47. The van der Waals surface area contributed by atoms with Gasteiger partial charge < -0.3 is 34.3 Å². The zero-order chi connectivity index (χ0) is 31.5. The SMILES string of the molecule is COCC(=O)Nc1cc(N2C(=S)N[C@H](c3ccccn3)[C@H]2c2cc(C)n(-c3ccc([N+](=O)[O-])cc3OC)c2C)ccc1OC. The number of ether oxygens (including phenoxy) is 3. The summed E-state index contributed by atoms with van der Waals surface area (Å²) < 4.78 is 18.1. The maximum Gasteiger partial charge on any atom is 0.273 e. The quantitative estimate of drug-likeness (QED) is 0.140. The van der Waals surface area contributed by atoms with Gasteiger partial charge in [-0.05, 0) is 74.1 Å². The molecular formula is C31H32N6O6S. The van der Waals surface area contributed by atoms with Gasteiger partial charge in [-0.25, -0.2) is 0 Å². The van der Waals surface area contributed by atoms with Gasteiger partial charge in [0.15, 0.2) is 5.11 Å². The maximum absolute atomic E-state index is 12.4. The molecule has 4 aromatic rings. The van der Waals surface area contributed by atoms with Crippen molar-refractivity contribution in [2.75, 3.05) is 38.2 Å². The summed E-state index contributed by atoms with van der Waals surface area (Å²) in [6, 6.07) is 17.1. The lowest BCUT2D eigenvalue weighted by atomic mass is 9.96. The zero-order valence-electron chi connectivity index (χ0n) is 24.9. The fourth-order valence-electron chi connectivity index (χ4n) is 5.63. The van der Waals surface area contributed by atoms with Crippen LogP contribution in [0.2, 0.25) is 0 Å². The highest BCUT2D eigenvalue weighted by Crippen LogP contribution is 2.45. The van der Waals surface area contributed by atoms with Crippen molar-refractivity contribution < 1.29 is 23.9 Å². The van der Waals surface area contributed by atoms with E-state index in [1.165, 1.54) is 33.5 Å². The van der Waals surface area contributed by atoms with Crippen LogP contribution in [0.25, 0.3) is 5.69 Å². The number of nitrogens with zero attached hydrogens (tertiary/aromatic N) is 4. The van der Waals surface area contributed by atoms with Gasteiger partial charge in [-0.15, -0.1) is 0 Å². The van der Waals surface area contributed by atoms with E-state index in [1.54, 1.807) is 18.3 Å². The molecule has 228 valence electrons. The number of nitro benzene ring substituents is 1. The second-order valence-corrected chi connectivity index (χ2v) is 10.5. The highest BCUT2D eigenvalue weighted by molar-refractivity contribution is 7.80. The molecule has 1 saturated heterocycles. The Kier molecular flexibility index (Phi) is 8.78. The number of pyridine rings is 1. The first kappa shape index (κ1) is 30.4. The standard InChI is InChI=1S/C31H32N6O6S/c1-18-14-22(19(2)35(18)25-11-9-21(37(39)40)16-27(25)43-5)30-29(23-8-6-7-13-32-23)34-31(44)36(30)20-10-12-26(42-4)24(15-20)33-28(38)17-41-3/h6-16,29-30H,17H2,1-5H3,(H,33,38)(H,34,44)/t29-,30-/m1/s1. The molecule has 13 heteroatoms. The summed E-state index contributed by atoms with van der Waals surface area (Å²) in [5, 5.41) is 18.2. The Morgan fingerprint density at radius 2 is 1.84 bits per heavy atom. The number of hydrogen-bond donors (Lipinski definition) is 2. The molecule has 0 unspecified atom stereocenters. The van der Waals surface area contributed by atoms with Crippen LogP contribution in [0.3, 0.4) is 0 Å². The number of carbonyl (C=O) groups excluding carboxylic acids is 1. The van der Waals surface area contributed by atoms with Crippen LogP contribution in [0.1, 0.15) is 34.7 Å². The van der Waals surface area contributed by atoms with Crippen LogP contribution in [0, 0.1) is 24.0 Å². The average molecular weight is 617 g/mol. The molecule has 1 aliphatic rings. The van der Waals surface area contributed by atoms with Crippen molar-refractivity contribution in [3.8, 4) is 17.2 Å². The fourth-order valence-corrected chi connectivity index (χ4v) is 5.98. The number of nitrogens with one attached hydrogen (secondary N) is 2.